The van der Waals surface area contributed by atoms with Crippen LogP contribution < -0.4 is 4.90 Å². The highest BCUT2D eigenvalue weighted by Crippen LogP contribution is 2.40. The normalized spacial score (nSPS) is 21.6. The molecule has 0 radical (unpaired) electrons. The molecule has 0 fully saturated rings. The van der Waals surface area contributed by atoms with E-state index in [0.29, 0.717) is 19.1 Å². The third-order valence-corrected chi connectivity index (χ3v) is 4.18. The van der Waals surface area contributed by atoms with Crippen LogP contribution in [-0.2, 0) is 15.8 Å². The Labute approximate surface area is 166 Å². The number of hydrogen-bond donors (Lipinski definition) is 0. The van der Waals surface area contributed by atoms with Gasteiger partial charge in [0.2, 0.25) is 0 Å². The number of anilines is 1. The Hall–Kier alpha value is -3.18. The predicted octanol–water partition coefficient (Wildman–Crippen LogP) is 4.54. The van der Waals surface area contributed by atoms with Crippen molar-refractivity contribution in [2.45, 2.75) is 43.5 Å². The molecule has 0 saturated carbocycles. The molecule has 168 valence electrons. The molecule has 0 spiro atoms. The molecule has 1 aliphatic rings. The molecule has 15 heteroatoms. The van der Waals surface area contributed by atoms with E-state index in [1.807, 2.05) is 0 Å². The van der Waals surface area contributed by atoms with E-state index >= 15 is 0 Å². The lowest BCUT2D eigenvalue weighted by molar-refractivity contribution is -0.171. The highest BCUT2D eigenvalue weighted by atomic mass is 19.4. The minimum absolute atomic E-state index is 0.0587. The Morgan fingerprint density at radius 1 is 1.13 bits per heavy atom. The van der Waals surface area contributed by atoms with Crippen molar-refractivity contribution >= 4 is 17.5 Å². The van der Waals surface area contributed by atoms with Crippen LogP contribution in [0, 0.1) is 11.3 Å². The fourth-order valence-corrected chi connectivity index (χ4v) is 2.66. The fourth-order valence-electron chi connectivity index (χ4n) is 2.66. The minimum Gasteiger partial charge on any atom is -0.271 e. The second-order valence-corrected chi connectivity index (χ2v) is 6.53. The first-order chi connectivity index (χ1) is 13.9. The molecular formula is C16H9F9N4O2. The molecule has 1 heterocycles. The number of halogens is 9. The summed E-state index contributed by atoms with van der Waals surface area (Å²) < 4.78 is 117. The molecule has 2 unspecified atom stereocenters. The smallest absolute Gasteiger partial charge is 0.271 e. The van der Waals surface area contributed by atoms with Gasteiger partial charge < -0.3 is 0 Å². The van der Waals surface area contributed by atoms with Crippen LogP contribution in [0.3, 0.4) is 0 Å². The minimum atomic E-state index is -5.78. The van der Waals surface area contributed by atoms with Crippen molar-refractivity contribution in [2.24, 2.45) is 10.2 Å². The van der Waals surface area contributed by atoms with Crippen molar-refractivity contribution in [3.63, 3.8) is 0 Å². The summed E-state index contributed by atoms with van der Waals surface area (Å²) in [6.45, 7) is 0.662. The van der Waals surface area contributed by atoms with Crippen molar-refractivity contribution in [3.05, 3.63) is 29.3 Å². The van der Waals surface area contributed by atoms with Crippen LogP contribution in [0.1, 0.15) is 24.5 Å². The molecule has 1 aromatic rings. The SMILES string of the molecule is CC1(C(=O)N(C(=O)C(F)(F)F)c2ccc(C#N)c(C(F)(F)F)c2)CC(C(F)(F)F)N=N1. The Balaban J connectivity index is 2.62. The maximum Gasteiger partial charge on any atom is 0.472 e. The van der Waals surface area contributed by atoms with Gasteiger partial charge in [0, 0.05) is 6.42 Å². The number of nitriles is 1. The summed E-state index contributed by atoms with van der Waals surface area (Å²) in [5.41, 5.74) is -6.66. The number of carbonyl (C=O) groups excluding carboxylic acids is 2. The lowest BCUT2D eigenvalue weighted by Crippen LogP contribution is -2.53. The molecule has 2 atom stereocenters. The summed E-state index contributed by atoms with van der Waals surface area (Å²) in [5.74, 6) is -4.93. The third-order valence-electron chi connectivity index (χ3n) is 4.18. The van der Waals surface area contributed by atoms with Crippen LogP contribution in [-0.4, -0.2) is 35.7 Å². The van der Waals surface area contributed by atoms with Gasteiger partial charge in [0.05, 0.1) is 22.9 Å². The van der Waals surface area contributed by atoms with Gasteiger partial charge in [-0.25, -0.2) is 4.90 Å². The summed E-state index contributed by atoms with van der Waals surface area (Å²) >= 11 is 0. The number of hydrogen-bond acceptors (Lipinski definition) is 5. The van der Waals surface area contributed by atoms with Gasteiger partial charge in [-0.15, -0.1) is 0 Å². The number of nitrogens with zero attached hydrogens (tertiary/aromatic N) is 4. The van der Waals surface area contributed by atoms with Crippen LogP contribution in [0.5, 0.6) is 0 Å². The monoisotopic (exact) mass is 460 g/mol. The van der Waals surface area contributed by atoms with Crippen molar-refractivity contribution in [1.29, 1.82) is 5.26 Å². The Bertz CT molecular complexity index is 975. The molecule has 0 N–H and O–H groups in total. The van der Waals surface area contributed by atoms with Gasteiger partial charge >= 0.3 is 24.4 Å². The zero-order valence-corrected chi connectivity index (χ0v) is 15.0. The summed E-state index contributed by atoms with van der Waals surface area (Å²) in [4.78, 5) is 23.8. The van der Waals surface area contributed by atoms with Crippen LogP contribution in [0.25, 0.3) is 0 Å². The maximum atomic E-state index is 13.2. The lowest BCUT2D eigenvalue weighted by atomic mass is 9.93. The van der Waals surface area contributed by atoms with Crippen molar-refractivity contribution < 1.29 is 49.1 Å². The number of rotatable bonds is 2. The van der Waals surface area contributed by atoms with E-state index in [-0.39, 0.29) is 6.07 Å². The Kier molecular flexibility index (Phi) is 5.83. The van der Waals surface area contributed by atoms with E-state index in [1.54, 1.807) is 0 Å². The summed E-state index contributed by atoms with van der Waals surface area (Å²) in [5, 5.41) is 14.6. The highest BCUT2D eigenvalue weighted by Gasteiger charge is 2.56. The van der Waals surface area contributed by atoms with Crippen molar-refractivity contribution in [2.75, 3.05) is 4.90 Å². The van der Waals surface area contributed by atoms with E-state index in [1.165, 1.54) is 0 Å². The summed E-state index contributed by atoms with van der Waals surface area (Å²) in [6.07, 6.45) is -17.3. The second kappa shape index (κ2) is 7.50. The molecule has 0 bridgehead atoms. The molecule has 6 nitrogen and oxygen atoms in total. The molecule has 0 saturated heterocycles. The molecule has 2 amide bonds. The third kappa shape index (κ3) is 4.78. The van der Waals surface area contributed by atoms with Crippen LogP contribution in [0.15, 0.2) is 28.4 Å². The van der Waals surface area contributed by atoms with Gasteiger partial charge in [-0.1, -0.05) is 0 Å². The highest BCUT2D eigenvalue weighted by molar-refractivity contribution is 6.19. The van der Waals surface area contributed by atoms with Gasteiger partial charge in [-0.2, -0.15) is 55.0 Å². The quantitative estimate of drug-likeness (QED) is 0.608. The number of amides is 2. The number of benzene rings is 1. The number of azo groups is 1. The maximum absolute atomic E-state index is 13.2. The zero-order chi connectivity index (χ0) is 24.0. The molecule has 0 aromatic heterocycles. The molecule has 31 heavy (non-hydrogen) atoms. The molecule has 2 rings (SSSR count). The molecular weight excluding hydrogens is 451 g/mol. The van der Waals surface area contributed by atoms with E-state index in [9.17, 15) is 49.1 Å². The van der Waals surface area contributed by atoms with Gasteiger partial charge in [-0.05, 0) is 25.1 Å². The van der Waals surface area contributed by atoms with Crippen LogP contribution in [0.4, 0.5) is 45.2 Å². The topological polar surface area (TPSA) is 85.9 Å². The van der Waals surface area contributed by atoms with E-state index in [0.717, 1.165) is 6.07 Å². The first kappa shape index (κ1) is 24.1. The molecule has 0 aliphatic carbocycles. The standard InChI is InChI=1S/C16H9F9N4O2/c1-13(5-10(27-28-13)15(20,21)22)11(30)29(12(31)16(23,24)25)8-3-2-7(6-26)9(4-8)14(17,18)19/h2-4,10H,5H2,1H3. The predicted molar refractivity (Wildman–Crippen MR) is 82.4 cm³/mol. The molecule has 1 aromatic carbocycles. The summed E-state index contributed by atoms with van der Waals surface area (Å²) in [7, 11) is 0. The second-order valence-electron chi connectivity index (χ2n) is 6.53. The van der Waals surface area contributed by atoms with Gasteiger partial charge in [0.25, 0.3) is 5.91 Å². The van der Waals surface area contributed by atoms with E-state index in [2.05, 4.69) is 10.2 Å². The van der Waals surface area contributed by atoms with Gasteiger partial charge in [-0.3, -0.25) is 9.59 Å². The summed E-state index contributed by atoms with van der Waals surface area (Å²) in [6, 6.07) is -0.599. The fraction of sp³-hybridized carbons (Fsp3) is 0.438. The average molecular weight is 460 g/mol. The lowest BCUT2D eigenvalue weighted by Gasteiger charge is -2.29. The first-order valence-corrected chi connectivity index (χ1v) is 7.97. The average Bonchev–Trinajstić information content (AvgIpc) is 3.04. The van der Waals surface area contributed by atoms with Crippen LogP contribution >= 0.6 is 0 Å². The Morgan fingerprint density at radius 3 is 2.13 bits per heavy atom. The first-order valence-electron chi connectivity index (χ1n) is 7.97. The number of imide groups is 1. The Morgan fingerprint density at radius 2 is 1.71 bits per heavy atom. The largest absolute Gasteiger partial charge is 0.472 e. The van der Waals surface area contributed by atoms with E-state index in [4.69, 9.17) is 5.26 Å². The number of carbonyl (C=O) groups is 2. The van der Waals surface area contributed by atoms with Gasteiger partial charge in [0.15, 0.2) is 11.6 Å². The van der Waals surface area contributed by atoms with Crippen molar-refractivity contribution in [3.8, 4) is 6.07 Å². The zero-order valence-electron chi connectivity index (χ0n) is 15.0. The van der Waals surface area contributed by atoms with E-state index < -0.39 is 70.1 Å². The van der Waals surface area contributed by atoms with Crippen molar-refractivity contribution in [1.82, 2.24) is 0 Å². The van der Waals surface area contributed by atoms with Gasteiger partial charge in [0.1, 0.15) is 0 Å². The molecule has 1 aliphatic heterocycles. The number of alkyl halides is 9. The van der Waals surface area contributed by atoms with Crippen LogP contribution in [0.2, 0.25) is 0 Å².